The number of nitrogens with zero attached hydrogens (tertiary/aromatic N) is 2. The number of hydrogen-bond acceptors (Lipinski definition) is 3. The van der Waals surface area contributed by atoms with E-state index >= 15 is 0 Å². The molecule has 0 spiro atoms. The van der Waals surface area contributed by atoms with Crippen molar-refractivity contribution >= 4 is 22.3 Å². The van der Waals surface area contributed by atoms with Gasteiger partial charge in [0, 0.05) is 18.0 Å². The monoisotopic (exact) mass is 270 g/mol. The Kier molecular flexibility index (Phi) is 2.83. The molecule has 2 aliphatic rings. The van der Waals surface area contributed by atoms with Crippen LogP contribution in [0, 0.1) is 5.92 Å². The number of fused-ring (bicyclic) bond motifs is 2. The molecule has 1 aliphatic carbocycles. The number of nitrogens with one attached hydrogen (secondary N) is 1. The third-order valence-corrected chi connectivity index (χ3v) is 5.14. The van der Waals surface area contributed by atoms with Crippen LogP contribution in [-0.2, 0) is 0 Å². The number of rotatable bonds is 1. The zero-order valence-corrected chi connectivity index (χ0v) is 11.8. The Labute approximate surface area is 119 Å². The van der Waals surface area contributed by atoms with Crippen molar-refractivity contribution in [3.63, 3.8) is 0 Å². The zero-order valence-electron chi connectivity index (χ0n) is 11.8. The summed E-state index contributed by atoms with van der Waals surface area (Å²) in [5, 5.41) is 8.28. The minimum absolute atomic E-state index is 0.695. The molecule has 2 fully saturated rings. The average Bonchev–Trinajstić information content (AvgIpc) is 2.93. The number of aromatic nitrogens is 2. The van der Waals surface area contributed by atoms with Crippen LogP contribution in [0.4, 0.5) is 11.4 Å². The van der Waals surface area contributed by atoms with Gasteiger partial charge in [-0.3, -0.25) is 5.10 Å². The summed E-state index contributed by atoms with van der Waals surface area (Å²) in [7, 11) is 0. The number of benzene rings is 1. The Bertz CT molecular complexity index is 616. The van der Waals surface area contributed by atoms with Crippen LogP contribution in [0.2, 0.25) is 0 Å². The Morgan fingerprint density at radius 2 is 2.00 bits per heavy atom. The topological polar surface area (TPSA) is 57.9 Å². The van der Waals surface area contributed by atoms with Gasteiger partial charge >= 0.3 is 0 Å². The van der Waals surface area contributed by atoms with Crippen LogP contribution in [0.1, 0.15) is 38.5 Å². The van der Waals surface area contributed by atoms with E-state index in [1.807, 2.05) is 6.20 Å². The number of aromatic amines is 1. The molecule has 2 heterocycles. The molecule has 20 heavy (non-hydrogen) atoms. The highest BCUT2D eigenvalue weighted by atomic mass is 15.2. The highest BCUT2D eigenvalue weighted by Crippen LogP contribution is 2.40. The maximum Gasteiger partial charge on any atom is 0.0672 e. The van der Waals surface area contributed by atoms with Crippen molar-refractivity contribution in [3.8, 4) is 0 Å². The Morgan fingerprint density at radius 1 is 1.15 bits per heavy atom. The number of nitrogens with two attached hydrogens (primary N) is 1. The molecule has 4 nitrogen and oxygen atoms in total. The quantitative estimate of drug-likeness (QED) is 0.782. The lowest BCUT2D eigenvalue weighted by Crippen LogP contribution is -2.47. The molecule has 2 aromatic rings. The standard InChI is InChI=1S/C16H22N4/c17-13-8-12-10-18-19-14(12)9-16(13)20-7-3-5-11-4-1-2-6-15(11)20/h8-11,15H,1-7,17H2,(H,18,19)/t11-,15-/m1/s1. The van der Waals surface area contributed by atoms with Gasteiger partial charge in [0.15, 0.2) is 0 Å². The largest absolute Gasteiger partial charge is 0.397 e. The maximum absolute atomic E-state index is 6.32. The van der Waals surface area contributed by atoms with Crippen LogP contribution in [0.25, 0.3) is 10.9 Å². The molecule has 3 N–H and O–H groups in total. The van der Waals surface area contributed by atoms with E-state index in [2.05, 4.69) is 27.2 Å². The van der Waals surface area contributed by atoms with E-state index in [9.17, 15) is 0 Å². The van der Waals surface area contributed by atoms with E-state index < -0.39 is 0 Å². The molecule has 0 amide bonds. The first kappa shape index (κ1) is 12.1. The number of nitrogen functional groups attached to an aromatic ring is 1. The molecule has 4 heteroatoms. The van der Waals surface area contributed by atoms with E-state index in [1.54, 1.807) is 0 Å². The molecule has 0 bridgehead atoms. The molecule has 106 valence electrons. The summed E-state index contributed by atoms with van der Waals surface area (Å²) in [6, 6.07) is 4.94. The van der Waals surface area contributed by atoms with Crippen molar-refractivity contribution in [2.45, 2.75) is 44.6 Å². The van der Waals surface area contributed by atoms with Crippen LogP contribution in [0.3, 0.4) is 0 Å². The van der Waals surface area contributed by atoms with Crippen LogP contribution >= 0.6 is 0 Å². The van der Waals surface area contributed by atoms with Gasteiger partial charge in [-0.25, -0.2) is 0 Å². The summed E-state index contributed by atoms with van der Waals surface area (Å²) in [6.07, 6.45) is 10.0. The molecule has 1 saturated carbocycles. The van der Waals surface area contributed by atoms with Gasteiger partial charge < -0.3 is 10.6 Å². The Hall–Kier alpha value is -1.71. The number of hydrogen-bond donors (Lipinski definition) is 2. The van der Waals surface area contributed by atoms with Crippen molar-refractivity contribution in [1.29, 1.82) is 0 Å². The van der Waals surface area contributed by atoms with Crippen LogP contribution < -0.4 is 10.6 Å². The summed E-state index contributed by atoms with van der Waals surface area (Å²) in [6.45, 7) is 1.14. The van der Waals surface area contributed by atoms with E-state index in [4.69, 9.17) is 5.73 Å². The second-order valence-electron chi connectivity index (χ2n) is 6.32. The smallest absolute Gasteiger partial charge is 0.0672 e. The fourth-order valence-corrected chi connectivity index (χ4v) is 4.17. The van der Waals surface area contributed by atoms with Gasteiger partial charge in [0.05, 0.1) is 23.1 Å². The van der Waals surface area contributed by atoms with Crippen molar-refractivity contribution in [1.82, 2.24) is 10.2 Å². The lowest BCUT2D eigenvalue weighted by molar-refractivity contribution is 0.244. The van der Waals surface area contributed by atoms with Crippen LogP contribution in [-0.4, -0.2) is 22.8 Å². The summed E-state index contributed by atoms with van der Waals surface area (Å²) in [5.41, 5.74) is 9.51. The lowest BCUT2D eigenvalue weighted by Gasteiger charge is -2.45. The van der Waals surface area contributed by atoms with Gasteiger partial charge in [0.1, 0.15) is 0 Å². The molecule has 1 aromatic carbocycles. The van der Waals surface area contributed by atoms with Crippen LogP contribution in [0.15, 0.2) is 18.3 Å². The van der Waals surface area contributed by atoms with E-state index in [1.165, 1.54) is 44.2 Å². The summed E-state index contributed by atoms with van der Waals surface area (Å²) >= 11 is 0. The van der Waals surface area contributed by atoms with Gasteiger partial charge in [0.25, 0.3) is 0 Å². The predicted octanol–water partition coefficient (Wildman–Crippen LogP) is 3.30. The second kappa shape index (κ2) is 4.69. The molecule has 2 atom stereocenters. The fourth-order valence-electron chi connectivity index (χ4n) is 4.17. The average molecular weight is 270 g/mol. The van der Waals surface area contributed by atoms with Crippen molar-refractivity contribution in [3.05, 3.63) is 18.3 Å². The summed E-state index contributed by atoms with van der Waals surface area (Å²) in [4.78, 5) is 2.57. The highest BCUT2D eigenvalue weighted by Gasteiger charge is 2.34. The summed E-state index contributed by atoms with van der Waals surface area (Å²) in [5.74, 6) is 0.870. The van der Waals surface area contributed by atoms with Crippen molar-refractivity contribution in [2.24, 2.45) is 5.92 Å². The second-order valence-corrected chi connectivity index (χ2v) is 6.32. The third-order valence-electron chi connectivity index (χ3n) is 5.14. The molecule has 1 aliphatic heterocycles. The number of piperidine rings is 1. The third kappa shape index (κ3) is 1.86. The first-order valence-electron chi connectivity index (χ1n) is 7.82. The van der Waals surface area contributed by atoms with E-state index in [0.717, 1.165) is 29.1 Å². The van der Waals surface area contributed by atoms with E-state index in [0.29, 0.717) is 6.04 Å². The fraction of sp³-hybridized carbons (Fsp3) is 0.562. The minimum Gasteiger partial charge on any atom is -0.397 e. The summed E-state index contributed by atoms with van der Waals surface area (Å²) < 4.78 is 0. The zero-order chi connectivity index (χ0) is 13.5. The first-order valence-corrected chi connectivity index (χ1v) is 7.82. The molecule has 0 radical (unpaired) electrons. The first-order chi connectivity index (χ1) is 9.83. The molecule has 1 saturated heterocycles. The molecule has 4 rings (SSSR count). The Morgan fingerprint density at radius 3 is 2.95 bits per heavy atom. The van der Waals surface area contributed by atoms with Crippen molar-refractivity contribution < 1.29 is 0 Å². The Balaban J connectivity index is 1.74. The van der Waals surface area contributed by atoms with Gasteiger partial charge in [-0.1, -0.05) is 12.8 Å². The number of anilines is 2. The SMILES string of the molecule is Nc1cc2cn[nH]c2cc1N1CCC[C@H]2CCCC[C@H]21. The normalized spacial score (nSPS) is 26.7. The molecule has 1 aromatic heterocycles. The molecular weight excluding hydrogens is 248 g/mol. The van der Waals surface area contributed by atoms with Gasteiger partial charge in [-0.15, -0.1) is 0 Å². The predicted molar refractivity (Wildman–Crippen MR) is 82.8 cm³/mol. The molecule has 0 unspecified atom stereocenters. The maximum atomic E-state index is 6.32. The minimum atomic E-state index is 0.695. The van der Waals surface area contributed by atoms with Crippen molar-refractivity contribution in [2.75, 3.05) is 17.2 Å². The highest BCUT2D eigenvalue weighted by molar-refractivity contribution is 5.89. The van der Waals surface area contributed by atoms with E-state index in [-0.39, 0.29) is 0 Å². The van der Waals surface area contributed by atoms with Gasteiger partial charge in [-0.2, -0.15) is 5.10 Å². The molecular formula is C16H22N4. The van der Waals surface area contributed by atoms with Gasteiger partial charge in [0.2, 0.25) is 0 Å². The van der Waals surface area contributed by atoms with Gasteiger partial charge in [-0.05, 0) is 43.7 Å². The lowest BCUT2D eigenvalue weighted by atomic mass is 9.78. The van der Waals surface area contributed by atoms with Crippen LogP contribution in [0.5, 0.6) is 0 Å². The number of H-pyrrole nitrogens is 1.